The number of carbonyl (C=O) groups is 2. The van der Waals surface area contributed by atoms with Crippen molar-refractivity contribution in [3.05, 3.63) is 71.8 Å². The maximum absolute atomic E-state index is 11.6. The van der Waals surface area contributed by atoms with Crippen LogP contribution < -0.4 is 0 Å². The molecule has 0 atom stereocenters. The van der Waals surface area contributed by atoms with E-state index in [0.717, 1.165) is 0 Å². The Bertz CT molecular complexity index is 474. The van der Waals surface area contributed by atoms with E-state index in [9.17, 15) is 9.59 Å². The molecule has 0 saturated heterocycles. The molecule has 0 aliphatic rings. The van der Waals surface area contributed by atoms with Gasteiger partial charge in [-0.05, 0) is 24.3 Å². The average molecular weight is 258 g/mol. The van der Waals surface area contributed by atoms with E-state index in [0.29, 0.717) is 11.1 Å². The van der Waals surface area contributed by atoms with Crippen LogP contribution in [-0.2, 0) is 4.74 Å². The maximum Gasteiger partial charge on any atom is 0.346 e. The van der Waals surface area contributed by atoms with Crippen LogP contribution >= 0.6 is 13.5 Å². The third kappa shape index (κ3) is 3.46. The predicted molar refractivity (Wildman–Crippen MR) is 70.2 cm³/mol. The Morgan fingerprint density at radius 2 is 1.00 bits per heavy atom. The zero-order chi connectivity index (χ0) is 12.1. The molecular weight excluding hydrogens is 248 g/mol. The zero-order valence-corrected chi connectivity index (χ0v) is 10.2. The molecule has 2 aromatic rings. The summed E-state index contributed by atoms with van der Waals surface area (Å²) in [7, 11) is 0. The second-order valence-corrected chi connectivity index (χ2v) is 3.41. The molecule has 0 saturated carbocycles. The van der Waals surface area contributed by atoms with Gasteiger partial charge in [0.15, 0.2) is 0 Å². The van der Waals surface area contributed by atoms with E-state index in [4.69, 9.17) is 4.74 Å². The van der Waals surface area contributed by atoms with Gasteiger partial charge in [0.25, 0.3) is 0 Å². The standard InChI is InChI=1S/C14H10O3.S/c15-13(11-7-3-1-4-8-11)17-14(16)12-9-5-2-6-10-12;/h1-10H;. The molecule has 90 valence electrons. The van der Waals surface area contributed by atoms with Gasteiger partial charge < -0.3 is 4.74 Å². The van der Waals surface area contributed by atoms with Crippen LogP contribution in [0, 0.1) is 0 Å². The quantitative estimate of drug-likeness (QED) is 0.613. The number of hydrogen-bond acceptors (Lipinski definition) is 3. The smallest absolute Gasteiger partial charge is 0.346 e. The molecule has 0 fully saturated rings. The molecule has 0 spiro atoms. The second kappa shape index (κ2) is 6.61. The van der Waals surface area contributed by atoms with E-state index in [1.54, 1.807) is 60.7 Å². The lowest BCUT2D eigenvalue weighted by atomic mass is 10.2. The van der Waals surface area contributed by atoms with Crippen LogP contribution in [0.2, 0.25) is 0 Å². The van der Waals surface area contributed by atoms with Gasteiger partial charge >= 0.3 is 11.9 Å². The summed E-state index contributed by atoms with van der Waals surface area (Å²) in [5.41, 5.74) is 0.716. The van der Waals surface area contributed by atoms with Crippen molar-refractivity contribution in [2.24, 2.45) is 0 Å². The topological polar surface area (TPSA) is 43.4 Å². The summed E-state index contributed by atoms with van der Waals surface area (Å²) < 4.78 is 4.74. The first kappa shape index (κ1) is 14.0. The van der Waals surface area contributed by atoms with Gasteiger partial charge in [0.1, 0.15) is 0 Å². The predicted octanol–water partition coefficient (Wildman–Crippen LogP) is 3.33. The molecule has 0 unspecified atom stereocenters. The molecule has 0 amide bonds. The first-order valence-electron chi connectivity index (χ1n) is 5.14. The summed E-state index contributed by atoms with van der Waals surface area (Å²) in [4.78, 5) is 23.2. The lowest BCUT2D eigenvalue weighted by Gasteiger charge is -2.02. The van der Waals surface area contributed by atoms with Crippen LogP contribution in [0.5, 0.6) is 0 Å². The van der Waals surface area contributed by atoms with E-state index in [1.807, 2.05) is 0 Å². The Hall–Kier alpha value is -2.07. The zero-order valence-electron chi connectivity index (χ0n) is 9.41. The van der Waals surface area contributed by atoms with Gasteiger partial charge in [-0.1, -0.05) is 36.4 Å². The van der Waals surface area contributed by atoms with Crippen LogP contribution in [0.3, 0.4) is 0 Å². The van der Waals surface area contributed by atoms with Crippen LogP contribution in [0.1, 0.15) is 20.7 Å². The highest BCUT2D eigenvalue weighted by Crippen LogP contribution is 2.05. The van der Waals surface area contributed by atoms with Crippen molar-refractivity contribution in [2.75, 3.05) is 0 Å². The molecule has 0 N–H and O–H groups in total. The largest absolute Gasteiger partial charge is 0.386 e. The Kier molecular flexibility index (Phi) is 5.14. The maximum atomic E-state index is 11.6. The number of ether oxygens (including phenoxy) is 1. The van der Waals surface area contributed by atoms with E-state index < -0.39 is 11.9 Å². The minimum absolute atomic E-state index is 0. The van der Waals surface area contributed by atoms with Crippen molar-refractivity contribution in [3.8, 4) is 0 Å². The van der Waals surface area contributed by atoms with Crippen molar-refractivity contribution >= 4 is 25.4 Å². The number of hydrogen-bond donors (Lipinski definition) is 0. The van der Waals surface area contributed by atoms with Crippen molar-refractivity contribution in [1.29, 1.82) is 0 Å². The SMILES string of the molecule is O=C(OC(=O)c1ccccc1)c1ccccc1.[S]. The Labute approximate surface area is 112 Å². The molecular formula is C14H10O3S. The Balaban J connectivity index is 0.00000162. The number of rotatable bonds is 2. The third-order valence-corrected chi connectivity index (χ3v) is 2.20. The number of benzene rings is 2. The summed E-state index contributed by atoms with van der Waals surface area (Å²) in [6.45, 7) is 0. The first-order chi connectivity index (χ1) is 8.27. The van der Waals surface area contributed by atoms with E-state index >= 15 is 0 Å². The monoisotopic (exact) mass is 258 g/mol. The molecule has 0 aliphatic heterocycles. The fraction of sp³-hybridized carbons (Fsp3) is 0. The normalized spacial score (nSPS) is 9.11. The minimum atomic E-state index is -0.639. The van der Waals surface area contributed by atoms with Gasteiger partial charge in [-0.25, -0.2) is 9.59 Å². The van der Waals surface area contributed by atoms with Crippen LogP contribution in [0.15, 0.2) is 60.7 Å². The number of carbonyl (C=O) groups excluding carboxylic acids is 2. The fourth-order valence-corrected chi connectivity index (χ4v) is 1.35. The van der Waals surface area contributed by atoms with Gasteiger partial charge in [-0.3, -0.25) is 0 Å². The Morgan fingerprint density at radius 1 is 0.667 bits per heavy atom. The van der Waals surface area contributed by atoms with E-state index in [2.05, 4.69) is 0 Å². The molecule has 2 rings (SSSR count). The average Bonchev–Trinajstić information content (AvgIpc) is 2.40. The second-order valence-electron chi connectivity index (χ2n) is 3.41. The number of esters is 2. The van der Waals surface area contributed by atoms with Crippen molar-refractivity contribution in [2.45, 2.75) is 0 Å². The lowest BCUT2D eigenvalue weighted by molar-refractivity contribution is 0.0398. The van der Waals surface area contributed by atoms with Crippen molar-refractivity contribution in [1.82, 2.24) is 0 Å². The van der Waals surface area contributed by atoms with Gasteiger partial charge in [0.2, 0.25) is 0 Å². The van der Waals surface area contributed by atoms with Crippen molar-refractivity contribution in [3.63, 3.8) is 0 Å². The molecule has 18 heavy (non-hydrogen) atoms. The van der Waals surface area contributed by atoms with Gasteiger partial charge in [-0.2, -0.15) is 0 Å². The van der Waals surface area contributed by atoms with E-state index in [-0.39, 0.29) is 13.5 Å². The summed E-state index contributed by atoms with van der Waals surface area (Å²) >= 11 is 0. The van der Waals surface area contributed by atoms with Gasteiger partial charge in [0, 0.05) is 13.5 Å². The molecule has 3 nitrogen and oxygen atoms in total. The summed E-state index contributed by atoms with van der Waals surface area (Å²) in [6, 6.07) is 16.8. The van der Waals surface area contributed by atoms with Crippen LogP contribution in [0.4, 0.5) is 0 Å². The highest BCUT2D eigenvalue weighted by atomic mass is 32.1. The summed E-state index contributed by atoms with van der Waals surface area (Å²) in [6.07, 6.45) is 0. The molecule has 0 aromatic heterocycles. The van der Waals surface area contributed by atoms with Crippen molar-refractivity contribution < 1.29 is 14.3 Å². The third-order valence-electron chi connectivity index (χ3n) is 2.20. The highest BCUT2D eigenvalue weighted by molar-refractivity contribution is 7.59. The highest BCUT2D eigenvalue weighted by Gasteiger charge is 2.13. The molecule has 2 aromatic carbocycles. The summed E-state index contributed by atoms with van der Waals surface area (Å²) in [5.74, 6) is -1.28. The molecule has 0 heterocycles. The summed E-state index contributed by atoms with van der Waals surface area (Å²) in [5, 5.41) is 0. The minimum Gasteiger partial charge on any atom is -0.386 e. The lowest BCUT2D eigenvalue weighted by Crippen LogP contribution is -2.12. The molecule has 0 aliphatic carbocycles. The van der Waals surface area contributed by atoms with Crippen LogP contribution in [0.25, 0.3) is 0 Å². The Morgan fingerprint density at radius 3 is 1.33 bits per heavy atom. The van der Waals surface area contributed by atoms with E-state index in [1.165, 1.54) is 0 Å². The molecule has 4 heteroatoms. The van der Waals surface area contributed by atoms with Crippen LogP contribution in [-0.4, -0.2) is 11.9 Å². The van der Waals surface area contributed by atoms with Gasteiger partial charge in [-0.15, -0.1) is 0 Å². The molecule has 2 radical (unpaired) electrons. The molecule has 0 bridgehead atoms. The fourth-order valence-electron chi connectivity index (χ4n) is 1.35. The first-order valence-corrected chi connectivity index (χ1v) is 5.14. The van der Waals surface area contributed by atoms with Gasteiger partial charge in [0.05, 0.1) is 11.1 Å².